The Morgan fingerprint density at radius 2 is 1.96 bits per heavy atom. The van der Waals surface area contributed by atoms with Gasteiger partial charge in [-0.3, -0.25) is 18.7 Å². The van der Waals surface area contributed by atoms with Crippen LogP contribution in [-0.4, -0.2) is 15.0 Å². The number of hydrogen-bond acceptors (Lipinski definition) is 4. The summed E-state index contributed by atoms with van der Waals surface area (Å²) in [5, 5.41) is 3.18. The van der Waals surface area contributed by atoms with Crippen LogP contribution in [0.25, 0.3) is 10.9 Å². The highest BCUT2D eigenvalue weighted by Gasteiger charge is 2.21. The van der Waals surface area contributed by atoms with E-state index >= 15 is 0 Å². The molecule has 26 heavy (non-hydrogen) atoms. The van der Waals surface area contributed by atoms with Gasteiger partial charge >= 0.3 is 5.69 Å². The van der Waals surface area contributed by atoms with Crippen LogP contribution in [0.1, 0.15) is 32.1 Å². The summed E-state index contributed by atoms with van der Waals surface area (Å²) in [6.45, 7) is 4.08. The Balaban J connectivity index is 2.03. The van der Waals surface area contributed by atoms with E-state index in [0.717, 1.165) is 0 Å². The van der Waals surface area contributed by atoms with Gasteiger partial charge in [0.2, 0.25) is 5.91 Å². The quantitative estimate of drug-likeness (QED) is 0.733. The number of para-hydroxylation sites is 1. The van der Waals surface area contributed by atoms with Gasteiger partial charge in [0.05, 0.1) is 23.7 Å². The lowest BCUT2D eigenvalue weighted by atomic mass is 10.2. The molecule has 7 nitrogen and oxygen atoms in total. The number of benzene rings is 1. The Kier molecular flexibility index (Phi) is 5.06. The molecule has 3 rings (SSSR count). The topological polar surface area (TPSA) is 86.2 Å². The van der Waals surface area contributed by atoms with E-state index in [-0.39, 0.29) is 18.0 Å². The Hall–Kier alpha value is -3.09. The van der Waals surface area contributed by atoms with Crippen molar-refractivity contribution in [3.05, 3.63) is 69.3 Å². The third-order valence-corrected chi connectivity index (χ3v) is 4.31. The summed E-state index contributed by atoms with van der Waals surface area (Å²) < 4.78 is 7.77. The number of furan rings is 1. The Morgan fingerprint density at radius 1 is 1.19 bits per heavy atom. The maximum absolute atomic E-state index is 12.9. The molecule has 0 saturated carbocycles. The number of aromatic nitrogens is 2. The van der Waals surface area contributed by atoms with Gasteiger partial charge in [-0.15, -0.1) is 0 Å². The molecule has 1 unspecified atom stereocenters. The van der Waals surface area contributed by atoms with Gasteiger partial charge < -0.3 is 9.73 Å². The third-order valence-electron chi connectivity index (χ3n) is 4.31. The second kappa shape index (κ2) is 7.43. The molecule has 0 aliphatic carbocycles. The van der Waals surface area contributed by atoms with E-state index in [1.54, 1.807) is 43.3 Å². The van der Waals surface area contributed by atoms with Gasteiger partial charge in [-0.1, -0.05) is 19.1 Å². The molecule has 1 N–H and O–H groups in total. The number of nitrogens with one attached hydrogen (secondary N) is 1. The minimum Gasteiger partial charge on any atom is -0.467 e. The van der Waals surface area contributed by atoms with E-state index in [0.29, 0.717) is 29.6 Å². The highest BCUT2D eigenvalue weighted by atomic mass is 16.3. The van der Waals surface area contributed by atoms with E-state index in [1.807, 2.05) is 6.92 Å². The van der Waals surface area contributed by atoms with Crippen molar-refractivity contribution < 1.29 is 9.21 Å². The minimum atomic E-state index is -0.772. The molecule has 0 saturated heterocycles. The van der Waals surface area contributed by atoms with Crippen LogP contribution in [0.15, 0.2) is 56.7 Å². The van der Waals surface area contributed by atoms with E-state index < -0.39 is 11.7 Å². The van der Waals surface area contributed by atoms with Crippen LogP contribution in [-0.2, 0) is 17.9 Å². The molecule has 136 valence electrons. The standard InChI is InChI=1S/C19H21N3O4/c1-3-10-21-18(24)15-8-4-5-9-16(15)22(19(21)25)13(2)17(23)20-12-14-7-6-11-26-14/h4-9,11,13H,3,10,12H2,1-2H3,(H,20,23). The number of hydrogen-bond donors (Lipinski definition) is 1. The summed E-state index contributed by atoms with van der Waals surface area (Å²) in [4.78, 5) is 38.1. The summed E-state index contributed by atoms with van der Waals surface area (Å²) in [6, 6.07) is 9.58. The molecule has 7 heteroatoms. The second-order valence-electron chi connectivity index (χ2n) is 6.10. The normalized spacial score (nSPS) is 12.2. The summed E-state index contributed by atoms with van der Waals surface area (Å²) in [5.74, 6) is 0.300. The fourth-order valence-corrected chi connectivity index (χ4v) is 2.98. The Labute approximate surface area is 149 Å². The van der Waals surface area contributed by atoms with Crippen LogP contribution in [0, 0.1) is 0 Å². The zero-order valence-electron chi connectivity index (χ0n) is 14.8. The number of fused-ring (bicyclic) bond motifs is 1. The first-order valence-electron chi connectivity index (χ1n) is 8.58. The maximum atomic E-state index is 12.9. The lowest BCUT2D eigenvalue weighted by Crippen LogP contribution is -2.44. The van der Waals surface area contributed by atoms with Gasteiger partial charge in [-0.05, 0) is 37.6 Å². The van der Waals surface area contributed by atoms with Crippen molar-refractivity contribution in [1.29, 1.82) is 0 Å². The average Bonchev–Trinajstić information content (AvgIpc) is 3.17. The van der Waals surface area contributed by atoms with Crippen molar-refractivity contribution in [3.63, 3.8) is 0 Å². The van der Waals surface area contributed by atoms with Crippen molar-refractivity contribution in [2.75, 3.05) is 0 Å². The predicted molar refractivity (Wildman–Crippen MR) is 98.0 cm³/mol. The number of carbonyl (C=O) groups excluding carboxylic acids is 1. The molecule has 3 aromatic rings. The second-order valence-corrected chi connectivity index (χ2v) is 6.10. The van der Waals surface area contributed by atoms with Crippen LogP contribution in [0.5, 0.6) is 0 Å². The summed E-state index contributed by atoms with van der Waals surface area (Å²) in [6.07, 6.45) is 2.18. The van der Waals surface area contributed by atoms with Gasteiger partial charge in [0.15, 0.2) is 0 Å². The van der Waals surface area contributed by atoms with Crippen LogP contribution in [0.2, 0.25) is 0 Å². The smallest absolute Gasteiger partial charge is 0.332 e. The molecule has 2 aromatic heterocycles. The summed E-state index contributed by atoms with van der Waals surface area (Å²) >= 11 is 0. The Morgan fingerprint density at radius 3 is 2.65 bits per heavy atom. The highest BCUT2D eigenvalue weighted by Crippen LogP contribution is 2.13. The largest absolute Gasteiger partial charge is 0.467 e. The van der Waals surface area contributed by atoms with Gasteiger partial charge in [0.25, 0.3) is 5.56 Å². The minimum absolute atomic E-state index is 0.234. The fraction of sp³-hybridized carbons (Fsp3) is 0.316. The van der Waals surface area contributed by atoms with Gasteiger partial charge in [0, 0.05) is 6.54 Å². The van der Waals surface area contributed by atoms with Crippen LogP contribution in [0.3, 0.4) is 0 Å². The lowest BCUT2D eigenvalue weighted by Gasteiger charge is -2.19. The molecule has 0 radical (unpaired) electrons. The van der Waals surface area contributed by atoms with Crippen molar-refractivity contribution >= 4 is 16.8 Å². The number of amides is 1. The molecular weight excluding hydrogens is 334 g/mol. The third kappa shape index (κ3) is 3.20. The van der Waals surface area contributed by atoms with E-state index in [2.05, 4.69) is 5.32 Å². The molecule has 0 aliphatic heterocycles. The summed E-state index contributed by atoms with van der Waals surface area (Å²) in [5.41, 5.74) is -0.349. The number of rotatable bonds is 6. The molecule has 1 amide bonds. The van der Waals surface area contributed by atoms with Gasteiger partial charge in [-0.2, -0.15) is 0 Å². The van der Waals surface area contributed by atoms with Gasteiger partial charge in [0.1, 0.15) is 11.8 Å². The monoisotopic (exact) mass is 355 g/mol. The first-order chi connectivity index (χ1) is 12.5. The molecule has 2 heterocycles. The SMILES string of the molecule is CCCn1c(=O)c2ccccc2n(C(C)C(=O)NCc2ccco2)c1=O. The molecule has 0 bridgehead atoms. The number of nitrogens with zero attached hydrogens (tertiary/aromatic N) is 2. The molecule has 1 atom stereocenters. The Bertz CT molecular complexity index is 1030. The zero-order chi connectivity index (χ0) is 18.7. The lowest BCUT2D eigenvalue weighted by molar-refractivity contribution is -0.124. The van der Waals surface area contributed by atoms with Crippen molar-refractivity contribution in [1.82, 2.24) is 14.5 Å². The molecular formula is C19H21N3O4. The molecule has 1 aromatic carbocycles. The molecule has 0 aliphatic rings. The van der Waals surface area contributed by atoms with Crippen molar-refractivity contribution in [2.24, 2.45) is 0 Å². The average molecular weight is 355 g/mol. The van der Waals surface area contributed by atoms with E-state index in [1.165, 1.54) is 15.4 Å². The molecule has 0 spiro atoms. The van der Waals surface area contributed by atoms with E-state index in [4.69, 9.17) is 4.42 Å². The van der Waals surface area contributed by atoms with Crippen LogP contribution < -0.4 is 16.6 Å². The van der Waals surface area contributed by atoms with Crippen LogP contribution in [0.4, 0.5) is 0 Å². The van der Waals surface area contributed by atoms with Gasteiger partial charge in [-0.25, -0.2) is 4.79 Å². The number of carbonyl (C=O) groups is 1. The maximum Gasteiger partial charge on any atom is 0.332 e. The van der Waals surface area contributed by atoms with E-state index in [9.17, 15) is 14.4 Å². The summed E-state index contributed by atoms with van der Waals surface area (Å²) in [7, 11) is 0. The zero-order valence-corrected chi connectivity index (χ0v) is 14.8. The highest BCUT2D eigenvalue weighted by molar-refractivity contribution is 5.84. The predicted octanol–water partition coefficient (Wildman–Crippen LogP) is 2.04. The fourth-order valence-electron chi connectivity index (χ4n) is 2.98. The van der Waals surface area contributed by atoms with Crippen LogP contribution >= 0.6 is 0 Å². The van der Waals surface area contributed by atoms with Crippen molar-refractivity contribution in [2.45, 2.75) is 39.4 Å². The first kappa shape index (κ1) is 17.7. The van der Waals surface area contributed by atoms with Crippen molar-refractivity contribution in [3.8, 4) is 0 Å². The molecule has 0 fully saturated rings. The first-order valence-corrected chi connectivity index (χ1v) is 8.58.